The zero-order chi connectivity index (χ0) is 8.97. The number of ether oxygens (including phenoxy) is 1. The first-order chi connectivity index (χ1) is 5.72. The number of aldehydes is 1. The molecule has 12 heavy (non-hydrogen) atoms. The largest absolute Gasteiger partial charge is 0.417 e. The van der Waals surface area contributed by atoms with E-state index in [4.69, 9.17) is 0 Å². The molecule has 0 N–H and O–H groups in total. The molecule has 0 radical (unpaired) electrons. The van der Waals surface area contributed by atoms with Crippen molar-refractivity contribution >= 4 is 12.5 Å². The summed E-state index contributed by atoms with van der Waals surface area (Å²) < 4.78 is 27.2. The zero-order valence-corrected chi connectivity index (χ0v) is 6.11. The molecule has 1 unspecified atom stereocenters. The van der Waals surface area contributed by atoms with E-state index in [2.05, 4.69) is 9.73 Å². The number of carbonyl (C=O) groups is 1. The van der Waals surface area contributed by atoms with E-state index in [0.717, 1.165) is 0 Å². The molecule has 0 aliphatic carbocycles. The van der Waals surface area contributed by atoms with Gasteiger partial charge in [0, 0.05) is 12.1 Å². The Kier molecular flexibility index (Phi) is 2.90. The SMILES string of the molecule is O=CC1C=C(OC(F)F)N=CC1. The van der Waals surface area contributed by atoms with Crippen molar-refractivity contribution in [2.75, 3.05) is 0 Å². The normalized spacial score (nSPS) is 22.2. The van der Waals surface area contributed by atoms with Crippen LogP contribution in [0.15, 0.2) is 17.0 Å². The minimum atomic E-state index is -2.89. The van der Waals surface area contributed by atoms with Gasteiger partial charge in [0.05, 0.1) is 0 Å². The van der Waals surface area contributed by atoms with Crippen molar-refractivity contribution in [3.05, 3.63) is 12.0 Å². The second-order valence-corrected chi connectivity index (χ2v) is 2.23. The molecule has 0 saturated carbocycles. The molecule has 5 heteroatoms. The Bertz CT molecular complexity index is 225. The zero-order valence-electron chi connectivity index (χ0n) is 6.11. The Morgan fingerprint density at radius 3 is 3.08 bits per heavy atom. The van der Waals surface area contributed by atoms with Crippen LogP contribution in [-0.2, 0) is 9.53 Å². The Morgan fingerprint density at radius 1 is 1.75 bits per heavy atom. The van der Waals surface area contributed by atoms with Gasteiger partial charge in [-0.05, 0) is 12.5 Å². The fourth-order valence-electron chi connectivity index (χ4n) is 0.814. The van der Waals surface area contributed by atoms with Gasteiger partial charge in [-0.2, -0.15) is 8.78 Å². The third-order valence-electron chi connectivity index (χ3n) is 1.34. The van der Waals surface area contributed by atoms with Gasteiger partial charge in [0.2, 0.25) is 5.88 Å². The van der Waals surface area contributed by atoms with Gasteiger partial charge >= 0.3 is 6.61 Å². The van der Waals surface area contributed by atoms with Crippen molar-refractivity contribution in [3.63, 3.8) is 0 Å². The van der Waals surface area contributed by atoms with E-state index >= 15 is 0 Å². The number of rotatable bonds is 3. The first kappa shape index (κ1) is 8.83. The topological polar surface area (TPSA) is 38.7 Å². The van der Waals surface area contributed by atoms with E-state index in [0.29, 0.717) is 12.7 Å². The molecule has 1 aliphatic rings. The lowest BCUT2D eigenvalue weighted by atomic mass is 10.1. The van der Waals surface area contributed by atoms with E-state index in [9.17, 15) is 13.6 Å². The Morgan fingerprint density at radius 2 is 2.50 bits per heavy atom. The second-order valence-electron chi connectivity index (χ2n) is 2.23. The van der Waals surface area contributed by atoms with Crippen LogP contribution in [0, 0.1) is 5.92 Å². The maximum absolute atomic E-state index is 11.6. The number of alkyl halides is 2. The summed E-state index contributed by atoms with van der Waals surface area (Å²) in [6.45, 7) is -2.89. The number of hydrogen-bond acceptors (Lipinski definition) is 3. The molecule has 0 saturated heterocycles. The smallest absolute Gasteiger partial charge is 0.388 e. The summed E-state index contributed by atoms with van der Waals surface area (Å²) in [7, 11) is 0. The van der Waals surface area contributed by atoms with Crippen LogP contribution in [0.3, 0.4) is 0 Å². The van der Waals surface area contributed by atoms with Crippen molar-refractivity contribution in [2.24, 2.45) is 10.9 Å². The van der Waals surface area contributed by atoms with Crippen LogP contribution in [0.25, 0.3) is 0 Å². The molecule has 0 fully saturated rings. The van der Waals surface area contributed by atoms with Crippen molar-refractivity contribution < 1.29 is 18.3 Å². The lowest BCUT2D eigenvalue weighted by molar-refractivity contribution is -0.111. The van der Waals surface area contributed by atoms with Gasteiger partial charge in [-0.3, -0.25) is 0 Å². The van der Waals surface area contributed by atoms with Crippen LogP contribution >= 0.6 is 0 Å². The summed E-state index contributed by atoms with van der Waals surface area (Å²) in [6.07, 6.45) is 3.77. The van der Waals surface area contributed by atoms with Crippen molar-refractivity contribution in [1.82, 2.24) is 0 Å². The highest BCUT2D eigenvalue weighted by Crippen LogP contribution is 2.15. The molecular formula is C7H7F2NO2. The summed E-state index contributed by atoms with van der Waals surface area (Å²) in [4.78, 5) is 13.8. The molecule has 0 amide bonds. The molecule has 0 aromatic rings. The van der Waals surface area contributed by atoms with E-state index in [-0.39, 0.29) is 5.88 Å². The average Bonchev–Trinajstić information content (AvgIpc) is 2.03. The lowest BCUT2D eigenvalue weighted by Gasteiger charge is -2.10. The molecule has 1 aliphatic heterocycles. The summed E-state index contributed by atoms with van der Waals surface area (Å²) >= 11 is 0. The van der Waals surface area contributed by atoms with E-state index in [1.807, 2.05) is 0 Å². The molecule has 0 spiro atoms. The van der Waals surface area contributed by atoms with Gasteiger partial charge in [0.15, 0.2) is 0 Å². The fraction of sp³-hybridized carbons (Fsp3) is 0.429. The van der Waals surface area contributed by atoms with Gasteiger partial charge in [0.1, 0.15) is 6.29 Å². The van der Waals surface area contributed by atoms with Crippen molar-refractivity contribution in [3.8, 4) is 0 Å². The van der Waals surface area contributed by atoms with Gasteiger partial charge in [-0.25, -0.2) is 4.99 Å². The Labute approximate surface area is 67.7 Å². The van der Waals surface area contributed by atoms with Gasteiger partial charge in [-0.15, -0.1) is 0 Å². The monoisotopic (exact) mass is 175 g/mol. The molecule has 3 nitrogen and oxygen atoms in total. The van der Waals surface area contributed by atoms with Crippen LogP contribution < -0.4 is 0 Å². The predicted molar refractivity (Wildman–Crippen MR) is 37.8 cm³/mol. The van der Waals surface area contributed by atoms with Gasteiger partial charge in [0.25, 0.3) is 0 Å². The van der Waals surface area contributed by atoms with Gasteiger partial charge < -0.3 is 9.53 Å². The van der Waals surface area contributed by atoms with Crippen LogP contribution in [0.5, 0.6) is 0 Å². The number of carbonyl (C=O) groups excluding carboxylic acids is 1. The highest BCUT2D eigenvalue weighted by atomic mass is 19.3. The quantitative estimate of drug-likeness (QED) is 0.607. The van der Waals surface area contributed by atoms with Crippen LogP contribution in [0.1, 0.15) is 6.42 Å². The standard InChI is InChI=1S/C7H7F2NO2/c8-7(9)12-6-3-5(4-11)1-2-10-6/h2-5,7H,1H2. The Hall–Kier alpha value is -1.26. The Balaban J connectivity index is 2.57. The maximum atomic E-state index is 11.6. The first-order valence-electron chi connectivity index (χ1n) is 3.37. The van der Waals surface area contributed by atoms with Gasteiger partial charge in [-0.1, -0.05) is 0 Å². The van der Waals surface area contributed by atoms with Crippen LogP contribution in [-0.4, -0.2) is 19.1 Å². The summed E-state index contributed by atoms with van der Waals surface area (Å²) in [5.41, 5.74) is 0. The first-order valence-corrected chi connectivity index (χ1v) is 3.37. The number of halogens is 2. The molecule has 66 valence electrons. The third-order valence-corrected chi connectivity index (χ3v) is 1.34. The van der Waals surface area contributed by atoms with Crippen LogP contribution in [0.4, 0.5) is 8.78 Å². The van der Waals surface area contributed by atoms with E-state index < -0.39 is 12.5 Å². The summed E-state index contributed by atoms with van der Waals surface area (Å²) in [5, 5.41) is 0. The van der Waals surface area contributed by atoms with Crippen LogP contribution in [0.2, 0.25) is 0 Å². The minimum absolute atomic E-state index is 0.187. The van der Waals surface area contributed by atoms with E-state index in [1.165, 1.54) is 12.3 Å². The summed E-state index contributed by atoms with van der Waals surface area (Å²) in [5.74, 6) is -0.579. The third kappa shape index (κ3) is 2.41. The summed E-state index contributed by atoms with van der Waals surface area (Å²) in [6, 6.07) is 0. The maximum Gasteiger partial charge on any atom is 0.388 e. The van der Waals surface area contributed by atoms with Crippen molar-refractivity contribution in [2.45, 2.75) is 13.0 Å². The molecular weight excluding hydrogens is 168 g/mol. The lowest BCUT2D eigenvalue weighted by Crippen LogP contribution is -2.08. The average molecular weight is 175 g/mol. The minimum Gasteiger partial charge on any atom is -0.417 e. The molecule has 0 aromatic heterocycles. The van der Waals surface area contributed by atoms with Crippen molar-refractivity contribution in [1.29, 1.82) is 0 Å². The number of hydrogen-bond donors (Lipinski definition) is 0. The number of allylic oxidation sites excluding steroid dienone is 1. The predicted octanol–water partition coefficient (Wildman–Crippen LogP) is 1.36. The second kappa shape index (κ2) is 3.94. The molecule has 1 atom stereocenters. The fourth-order valence-corrected chi connectivity index (χ4v) is 0.814. The molecule has 0 bridgehead atoms. The van der Waals surface area contributed by atoms with E-state index in [1.54, 1.807) is 0 Å². The highest BCUT2D eigenvalue weighted by Gasteiger charge is 2.13. The molecule has 1 heterocycles. The highest BCUT2D eigenvalue weighted by molar-refractivity contribution is 5.69. The number of nitrogens with zero attached hydrogens (tertiary/aromatic N) is 1. The molecule has 1 rings (SSSR count). The number of aliphatic imine (C=N–C) groups is 1. The molecule has 0 aromatic carbocycles.